The molecule has 4 heteroatoms. The van der Waals surface area contributed by atoms with Gasteiger partial charge in [0.25, 0.3) is 5.56 Å². The summed E-state index contributed by atoms with van der Waals surface area (Å²) in [4.78, 5) is 18.7. The van der Waals surface area contributed by atoms with Gasteiger partial charge in [-0.1, -0.05) is 13.0 Å². The van der Waals surface area contributed by atoms with Gasteiger partial charge in [-0.25, -0.2) is 0 Å². The minimum Gasteiger partial charge on any atom is -0.497 e. The quantitative estimate of drug-likeness (QED) is 0.591. The summed E-state index contributed by atoms with van der Waals surface area (Å²) in [6.45, 7) is 2.08. The van der Waals surface area contributed by atoms with E-state index in [4.69, 9.17) is 4.74 Å². The Kier molecular flexibility index (Phi) is 2.73. The van der Waals surface area contributed by atoms with E-state index < -0.39 is 0 Å². The van der Waals surface area contributed by atoms with Crippen LogP contribution in [0.4, 0.5) is 0 Å². The molecule has 0 saturated carbocycles. The number of aromatic nitrogens is 2. The van der Waals surface area contributed by atoms with Crippen molar-refractivity contribution in [2.45, 2.75) is 13.3 Å². The molecular formula is C18H16N2O2. The molecule has 22 heavy (non-hydrogen) atoms. The van der Waals surface area contributed by atoms with E-state index in [2.05, 4.69) is 23.0 Å². The van der Waals surface area contributed by atoms with Gasteiger partial charge in [0.15, 0.2) is 0 Å². The Morgan fingerprint density at radius 3 is 2.77 bits per heavy atom. The van der Waals surface area contributed by atoms with E-state index in [-0.39, 0.29) is 5.56 Å². The summed E-state index contributed by atoms with van der Waals surface area (Å²) in [7, 11) is 1.66. The molecule has 4 aromatic rings. The van der Waals surface area contributed by atoms with E-state index >= 15 is 0 Å². The fraction of sp³-hybridized carbons (Fsp3) is 0.167. The molecule has 0 amide bonds. The molecule has 0 aliphatic carbocycles. The van der Waals surface area contributed by atoms with Crippen LogP contribution in [0, 0.1) is 0 Å². The normalized spacial score (nSPS) is 11.5. The number of rotatable bonds is 2. The van der Waals surface area contributed by atoms with Crippen LogP contribution >= 0.6 is 0 Å². The molecule has 2 N–H and O–H groups in total. The summed E-state index contributed by atoms with van der Waals surface area (Å²) in [6.07, 6.45) is 2.66. The van der Waals surface area contributed by atoms with Crippen molar-refractivity contribution < 1.29 is 4.74 Å². The Bertz CT molecular complexity index is 1070. The lowest BCUT2D eigenvalue weighted by atomic mass is 10.0. The van der Waals surface area contributed by atoms with Gasteiger partial charge in [0.1, 0.15) is 5.75 Å². The predicted octanol–water partition coefficient (Wildman–Crippen LogP) is 3.73. The highest BCUT2D eigenvalue weighted by atomic mass is 16.5. The highest BCUT2D eigenvalue weighted by Crippen LogP contribution is 2.33. The molecule has 2 aromatic heterocycles. The van der Waals surface area contributed by atoms with Gasteiger partial charge in [-0.05, 0) is 47.0 Å². The molecule has 0 aliphatic rings. The molecule has 0 aliphatic heterocycles. The van der Waals surface area contributed by atoms with Gasteiger partial charge in [-0.15, -0.1) is 0 Å². The third-order valence-electron chi connectivity index (χ3n) is 4.29. The van der Waals surface area contributed by atoms with Crippen molar-refractivity contribution >= 4 is 32.6 Å². The zero-order valence-electron chi connectivity index (χ0n) is 12.5. The van der Waals surface area contributed by atoms with Crippen LogP contribution in [0.5, 0.6) is 5.75 Å². The van der Waals surface area contributed by atoms with E-state index in [1.54, 1.807) is 13.3 Å². The van der Waals surface area contributed by atoms with Gasteiger partial charge in [0.2, 0.25) is 0 Å². The fourth-order valence-electron chi connectivity index (χ4n) is 3.17. The molecule has 0 atom stereocenters. The number of pyridine rings is 1. The van der Waals surface area contributed by atoms with Crippen molar-refractivity contribution in [3.8, 4) is 5.75 Å². The maximum Gasteiger partial charge on any atom is 0.258 e. The number of nitrogens with one attached hydrogen (secondary N) is 2. The number of ether oxygens (including phenoxy) is 1. The highest BCUT2D eigenvalue weighted by molar-refractivity contribution is 6.20. The van der Waals surface area contributed by atoms with Crippen molar-refractivity contribution in [3.63, 3.8) is 0 Å². The Hall–Kier alpha value is -2.75. The molecular weight excluding hydrogens is 276 g/mol. The SMILES string of the molecule is CCc1c[nH]c(=O)c2c1[nH]c1ccc3cc(OC)ccc3c12. The Morgan fingerprint density at radius 2 is 2.00 bits per heavy atom. The number of benzene rings is 2. The molecule has 0 fully saturated rings. The first kappa shape index (κ1) is 13.0. The molecule has 4 rings (SSSR count). The molecule has 110 valence electrons. The summed E-state index contributed by atoms with van der Waals surface area (Å²) < 4.78 is 5.29. The zero-order chi connectivity index (χ0) is 15.3. The van der Waals surface area contributed by atoms with Crippen LogP contribution in [0.3, 0.4) is 0 Å². The first-order chi connectivity index (χ1) is 10.7. The first-order valence-corrected chi connectivity index (χ1v) is 7.35. The standard InChI is InChI=1S/C18H16N2O2/c1-3-10-9-19-18(21)16-15-13-6-5-12(22-2)8-11(13)4-7-14(15)20-17(10)16/h4-9,20H,3H2,1-2H3,(H,19,21). The number of fused-ring (bicyclic) bond motifs is 5. The summed E-state index contributed by atoms with van der Waals surface area (Å²) in [5.74, 6) is 0.815. The van der Waals surface area contributed by atoms with E-state index in [9.17, 15) is 4.79 Å². The van der Waals surface area contributed by atoms with Crippen LogP contribution in [-0.4, -0.2) is 17.1 Å². The van der Waals surface area contributed by atoms with Crippen molar-refractivity contribution in [1.29, 1.82) is 0 Å². The van der Waals surface area contributed by atoms with Gasteiger partial charge in [0, 0.05) is 17.1 Å². The van der Waals surface area contributed by atoms with Crippen molar-refractivity contribution in [3.05, 3.63) is 52.4 Å². The Morgan fingerprint density at radius 1 is 1.14 bits per heavy atom. The van der Waals surface area contributed by atoms with Crippen molar-refractivity contribution in [1.82, 2.24) is 9.97 Å². The van der Waals surface area contributed by atoms with Crippen molar-refractivity contribution in [2.75, 3.05) is 7.11 Å². The second-order valence-corrected chi connectivity index (χ2v) is 5.45. The van der Waals surface area contributed by atoms with Crippen LogP contribution in [0.15, 0.2) is 41.3 Å². The average molecular weight is 292 g/mol. The number of H-pyrrole nitrogens is 2. The lowest BCUT2D eigenvalue weighted by molar-refractivity contribution is 0.415. The van der Waals surface area contributed by atoms with E-state index in [1.807, 2.05) is 24.3 Å². The molecule has 0 spiro atoms. The minimum absolute atomic E-state index is 0.0539. The maximum absolute atomic E-state index is 12.4. The van der Waals surface area contributed by atoms with Crippen LogP contribution in [0.2, 0.25) is 0 Å². The molecule has 0 bridgehead atoms. The largest absolute Gasteiger partial charge is 0.497 e. The number of aryl methyl sites for hydroxylation is 1. The summed E-state index contributed by atoms with van der Waals surface area (Å²) in [6, 6.07) is 10.0. The number of aromatic amines is 2. The topological polar surface area (TPSA) is 57.9 Å². The molecule has 2 heterocycles. The van der Waals surface area contributed by atoms with Gasteiger partial charge < -0.3 is 14.7 Å². The molecule has 0 saturated heterocycles. The Balaban J connectivity index is 2.25. The van der Waals surface area contributed by atoms with E-state index in [0.717, 1.165) is 50.3 Å². The highest BCUT2D eigenvalue weighted by Gasteiger charge is 2.13. The summed E-state index contributed by atoms with van der Waals surface area (Å²) >= 11 is 0. The van der Waals surface area contributed by atoms with Crippen LogP contribution in [-0.2, 0) is 6.42 Å². The van der Waals surface area contributed by atoms with Crippen LogP contribution in [0.25, 0.3) is 32.6 Å². The van der Waals surface area contributed by atoms with Gasteiger partial charge in [-0.3, -0.25) is 4.79 Å². The van der Waals surface area contributed by atoms with Crippen LogP contribution < -0.4 is 10.3 Å². The van der Waals surface area contributed by atoms with E-state index in [1.165, 1.54) is 0 Å². The number of methoxy groups -OCH3 is 1. The lowest BCUT2D eigenvalue weighted by Crippen LogP contribution is -2.06. The zero-order valence-corrected chi connectivity index (χ0v) is 12.5. The van der Waals surface area contributed by atoms with Crippen molar-refractivity contribution in [2.24, 2.45) is 0 Å². The monoisotopic (exact) mass is 292 g/mol. The number of hydrogen-bond donors (Lipinski definition) is 2. The fourth-order valence-corrected chi connectivity index (χ4v) is 3.17. The van der Waals surface area contributed by atoms with Gasteiger partial charge >= 0.3 is 0 Å². The van der Waals surface area contributed by atoms with Gasteiger partial charge in [-0.2, -0.15) is 0 Å². The van der Waals surface area contributed by atoms with E-state index in [0.29, 0.717) is 0 Å². The predicted molar refractivity (Wildman–Crippen MR) is 89.9 cm³/mol. The van der Waals surface area contributed by atoms with Crippen LogP contribution in [0.1, 0.15) is 12.5 Å². The molecule has 0 radical (unpaired) electrons. The maximum atomic E-state index is 12.4. The molecule has 0 unspecified atom stereocenters. The molecule has 4 nitrogen and oxygen atoms in total. The third kappa shape index (κ3) is 1.67. The molecule has 2 aromatic carbocycles. The Labute approximate surface area is 126 Å². The summed E-state index contributed by atoms with van der Waals surface area (Å²) in [5, 5.41) is 3.84. The number of hydrogen-bond acceptors (Lipinski definition) is 2. The third-order valence-corrected chi connectivity index (χ3v) is 4.29. The second kappa shape index (κ2) is 4.63. The first-order valence-electron chi connectivity index (χ1n) is 7.35. The average Bonchev–Trinajstić information content (AvgIpc) is 2.95. The summed E-state index contributed by atoms with van der Waals surface area (Å²) in [5.41, 5.74) is 2.98. The van der Waals surface area contributed by atoms with Gasteiger partial charge in [0.05, 0.1) is 18.0 Å². The minimum atomic E-state index is -0.0539. The smallest absolute Gasteiger partial charge is 0.258 e. The second-order valence-electron chi connectivity index (χ2n) is 5.45. The lowest BCUT2D eigenvalue weighted by Gasteiger charge is -2.04.